The Kier molecular flexibility index (Phi) is 3.61. The Labute approximate surface area is 136 Å². The molecule has 1 aromatic carbocycles. The van der Waals surface area contributed by atoms with E-state index in [9.17, 15) is 8.78 Å². The van der Waals surface area contributed by atoms with Crippen molar-refractivity contribution in [3.63, 3.8) is 0 Å². The molecule has 0 radical (unpaired) electrons. The SMILES string of the molecule is Cn1ccnc1[C@H]1OCC[C@@H]1Nc1ncnc2cc(F)c(F)cc12. The molecule has 0 spiro atoms. The summed E-state index contributed by atoms with van der Waals surface area (Å²) in [6, 6.07) is 2.11. The second kappa shape index (κ2) is 5.79. The third-order valence-electron chi connectivity index (χ3n) is 4.20. The van der Waals surface area contributed by atoms with E-state index in [-0.39, 0.29) is 12.1 Å². The molecule has 3 heterocycles. The molecule has 1 aliphatic heterocycles. The van der Waals surface area contributed by atoms with Gasteiger partial charge in [0.05, 0.1) is 11.6 Å². The van der Waals surface area contributed by atoms with Gasteiger partial charge in [0.25, 0.3) is 0 Å². The van der Waals surface area contributed by atoms with Gasteiger partial charge in [0.15, 0.2) is 11.6 Å². The van der Waals surface area contributed by atoms with E-state index in [2.05, 4.69) is 20.3 Å². The highest BCUT2D eigenvalue weighted by Crippen LogP contribution is 2.32. The van der Waals surface area contributed by atoms with Crippen LogP contribution in [0.1, 0.15) is 18.3 Å². The Morgan fingerprint density at radius 2 is 2.04 bits per heavy atom. The number of anilines is 1. The molecule has 0 amide bonds. The van der Waals surface area contributed by atoms with Crippen LogP contribution < -0.4 is 5.32 Å². The van der Waals surface area contributed by atoms with Gasteiger partial charge in [0, 0.05) is 37.5 Å². The van der Waals surface area contributed by atoms with Gasteiger partial charge >= 0.3 is 0 Å². The fourth-order valence-electron chi connectivity index (χ4n) is 2.98. The minimum atomic E-state index is -0.928. The summed E-state index contributed by atoms with van der Waals surface area (Å²) in [5, 5.41) is 3.71. The Morgan fingerprint density at radius 1 is 1.21 bits per heavy atom. The van der Waals surface area contributed by atoms with E-state index >= 15 is 0 Å². The Morgan fingerprint density at radius 3 is 2.83 bits per heavy atom. The number of hydrogen-bond donors (Lipinski definition) is 1. The van der Waals surface area contributed by atoms with Gasteiger partial charge in [0.2, 0.25) is 0 Å². The minimum absolute atomic E-state index is 0.0719. The zero-order chi connectivity index (χ0) is 16.7. The minimum Gasteiger partial charge on any atom is -0.368 e. The summed E-state index contributed by atoms with van der Waals surface area (Å²) < 4.78 is 34.7. The first-order valence-electron chi connectivity index (χ1n) is 7.58. The van der Waals surface area contributed by atoms with E-state index in [0.29, 0.717) is 23.3 Å². The van der Waals surface area contributed by atoms with Gasteiger partial charge in [-0.25, -0.2) is 23.7 Å². The summed E-state index contributed by atoms with van der Waals surface area (Å²) in [6.07, 6.45) is 5.42. The Hall–Kier alpha value is -2.61. The molecule has 1 saturated heterocycles. The first kappa shape index (κ1) is 14.9. The van der Waals surface area contributed by atoms with Crippen LogP contribution in [0.3, 0.4) is 0 Å². The van der Waals surface area contributed by atoms with E-state index in [1.807, 2.05) is 17.8 Å². The largest absolute Gasteiger partial charge is 0.368 e. The molecular formula is C16H15F2N5O. The van der Waals surface area contributed by atoms with Crippen molar-refractivity contribution in [2.45, 2.75) is 18.6 Å². The van der Waals surface area contributed by atoms with E-state index in [1.165, 1.54) is 6.33 Å². The predicted octanol–water partition coefficient (Wildman–Crippen LogP) is 2.58. The zero-order valence-electron chi connectivity index (χ0n) is 12.9. The maximum absolute atomic E-state index is 13.6. The highest BCUT2D eigenvalue weighted by atomic mass is 19.2. The molecule has 2 atom stereocenters. The molecule has 0 bridgehead atoms. The van der Waals surface area contributed by atoms with Crippen molar-refractivity contribution in [3.8, 4) is 0 Å². The van der Waals surface area contributed by atoms with Crippen LogP contribution in [0.2, 0.25) is 0 Å². The van der Waals surface area contributed by atoms with E-state index in [0.717, 1.165) is 24.4 Å². The summed E-state index contributed by atoms with van der Waals surface area (Å²) in [4.78, 5) is 12.5. The van der Waals surface area contributed by atoms with E-state index in [1.54, 1.807) is 6.20 Å². The number of aryl methyl sites for hydroxylation is 1. The number of hydrogen-bond acceptors (Lipinski definition) is 5. The molecular weight excluding hydrogens is 316 g/mol. The van der Waals surface area contributed by atoms with Crippen LogP contribution in [-0.4, -0.2) is 32.2 Å². The summed E-state index contributed by atoms with van der Waals surface area (Å²) in [5.74, 6) is -0.597. The molecule has 2 aromatic heterocycles. The third-order valence-corrected chi connectivity index (χ3v) is 4.20. The van der Waals surface area contributed by atoms with E-state index in [4.69, 9.17) is 4.74 Å². The third kappa shape index (κ3) is 2.48. The molecule has 0 aliphatic carbocycles. The van der Waals surface area contributed by atoms with Crippen molar-refractivity contribution < 1.29 is 13.5 Å². The molecule has 1 fully saturated rings. The molecule has 8 heteroatoms. The number of fused-ring (bicyclic) bond motifs is 1. The first-order chi connectivity index (χ1) is 11.6. The van der Waals surface area contributed by atoms with Gasteiger partial charge in [-0.2, -0.15) is 0 Å². The predicted molar refractivity (Wildman–Crippen MR) is 83.4 cm³/mol. The highest BCUT2D eigenvalue weighted by Gasteiger charge is 2.33. The number of nitrogens with one attached hydrogen (secondary N) is 1. The smallest absolute Gasteiger partial charge is 0.161 e. The number of rotatable bonds is 3. The summed E-state index contributed by atoms with van der Waals surface area (Å²) in [5.41, 5.74) is 0.346. The lowest BCUT2D eigenvalue weighted by atomic mass is 10.1. The van der Waals surface area contributed by atoms with Crippen molar-refractivity contribution in [3.05, 3.63) is 48.3 Å². The van der Waals surface area contributed by atoms with Crippen molar-refractivity contribution >= 4 is 16.7 Å². The van der Waals surface area contributed by atoms with Gasteiger partial charge < -0.3 is 14.6 Å². The lowest BCUT2D eigenvalue weighted by molar-refractivity contribution is 0.0983. The van der Waals surface area contributed by atoms with Crippen molar-refractivity contribution in [2.75, 3.05) is 11.9 Å². The average Bonchev–Trinajstić information content (AvgIpc) is 3.17. The molecule has 0 unspecified atom stereocenters. The Bertz CT molecular complexity index is 897. The second-order valence-electron chi connectivity index (χ2n) is 5.73. The lowest BCUT2D eigenvalue weighted by Crippen LogP contribution is -2.26. The number of halogens is 2. The highest BCUT2D eigenvalue weighted by molar-refractivity contribution is 5.89. The molecule has 24 heavy (non-hydrogen) atoms. The standard InChI is InChI=1S/C16H15F2N5O/c1-23-4-3-19-16(23)14-12(2-5-24-14)22-15-9-6-10(17)11(18)7-13(9)20-8-21-15/h3-4,6-8,12,14H,2,5H2,1H3,(H,20,21,22)/t12-,14-/m0/s1. The zero-order valence-corrected chi connectivity index (χ0v) is 12.9. The van der Waals surface area contributed by atoms with Crippen molar-refractivity contribution in [1.29, 1.82) is 0 Å². The van der Waals surface area contributed by atoms with Crippen LogP contribution in [0.25, 0.3) is 10.9 Å². The maximum Gasteiger partial charge on any atom is 0.161 e. The topological polar surface area (TPSA) is 64.9 Å². The number of benzene rings is 1. The van der Waals surface area contributed by atoms with Crippen molar-refractivity contribution in [1.82, 2.24) is 19.5 Å². The summed E-state index contributed by atoms with van der Waals surface area (Å²) in [6.45, 7) is 0.585. The monoisotopic (exact) mass is 331 g/mol. The molecule has 124 valence electrons. The van der Waals surface area contributed by atoms with Crippen molar-refractivity contribution in [2.24, 2.45) is 7.05 Å². The molecule has 4 rings (SSSR count). The number of imidazole rings is 1. The van der Waals surface area contributed by atoms with E-state index < -0.39 is 11.6 Å². The number of nitrogens with zero attached hydrogens (tertiary/aromatic N) is 4. The van der Waals surface area contributed by atoms with Gasteiger partial charge in [-0.1, -0.05) is 0 Å². The van der Waals surface area contributed by atoms with Gasteiger partial charge in [0.1, 0.15) is 24.1 Å². The normalized spacial score (nSPS) is 20.6. The second-order valence-corrected chi connectivity index (χ2v) is 5.73. The Balaban J connectivity index is 1.69. The summed E-state index contributed by atoms with van der Waals surface area (Å²) in [7, 11) is 1.90. The molecule has 1 aliphatic rings. The maximum atomic E-state index is 13.6. The van der Waals surface area contributed by atoms with Crippen LogP contribution in [0.5, 0.6) is 0 Å². The van der Waals surface area contributed by atoms with Crippen LogP contribution in [-0.2, 0) is 11.8 Å². The fourth-order valence-corrected chi connectivity index (χ4v) is 2.98. The van der Waals surface area contributed by atoms with Crippen LogP contribution in [0, 0.1) is 11.6 Å². The van der Waals surface area contributed by atoms with Gasteiger partial charge in [-0.3, -0.25) is 0 Å². The molecule has 0 saturated carbocycles. The number of ether oxygens (including phenoxy) is 1. The molecule has 1 N–H and O–H groups in total. The van der Waals surface area contributed by atoms with Gasteiger partial charge in [-0.05, 0) is 12.5 Å². The average molecular weight is 331 g/mol. The quantitative estimate of drug-likeness (QED) is 0.799. The van der Waals surface area contributed by atoms with Crippen LogP contribution >= 0.6 is 0 Å². The fraction of sp³-hybridized carbons (Fsp3) is 0.312. The summed E-state index contributed by atoms with van der Waals surface area (Å²) >= 11 is 0. The number of aromatic nitrogens is 4. The van der Waals surface area contributed by atoms with Crippen LogP contribution in [0.15, 0.2) is 30.9 Å². The van der Waals surface area contributed by atoms with Gasteiger partial charge in [-0.15, -0.1) is 0 Å². The lowest BCUT2D eigenvalue weighted by Gasteiger charge is -2.20. The molecule has 3 aromatic rings. The van der Waals surface area contributed by atoms with Crippen LogP contribution in [0.4, 0.5) is 14.6 Å². The molecule has 6 nitrogen and oxygen atoms in total. The first-order valence-corrected chi connectivity index (χ1v) is 7.58.